The van der Waals surface area contributed by atoms with E-state index in [0.717, 1.165) is 19.4 Å². The molecule has 12 heteroatoms. The molecule has 0 saturated carbocycles. The highest BCUT2D eigenvalue weighted by molar-refractivity contribution is 6.30. The number of ether oxygens (including phenoxy) is 1. The molecule has 3 aliphatic heterocycles. The second kappa shape index (κ2) is 8.60. The number of anilines is 1. The first-order valence-electron chi connectivity index (χ1n) is 11.5. The number of likely N-dealkylation sites (tertiary alicyclic amines) is 1. The monoisotopic (exact) mass is 496 g/mol. The SMILES string of the molecule is CC1C(N(C)c2nc(OC[C@@]34CCCN3C[C@H](F)C4)nc3c(F)c(Cl)ncc23)CCN1C(=O)O. The fraction of sp³-hybridized carbons (Fsp3) is 0.636. The number of halogens is 3. The molecule has 3 aliphatic rings. The molecular formula is C22H27ClF2N6O3. The maximum absolute atomic E-state index is 14.9. The number of carboxylic acid groups (broad SMARTS) is 1. The Balaban J connectivity index is 1.49. The minimum absolute atomic E-state index is 0.0249. The number of rotatable bonds is 5. The molecule has 0 radical (unpaired) electrons. The molecule has 0 bridgehead atoms. The van der Waals surface area contributed by atoms with Crippen molar-refractivity contribution in [3.8, 4) is 6.01 Å². The summed E-state index contributed by atoms with van der Waals surface area (Å²) in [6.45, 7) is 3.64. The number of hydrogen-bond acceptors (Lipinski definition) is 7. The van der Waals surface area contributed by atoms with Crippen LogP contribution in [0.2, 0.25) is 5.15 Å². The largest absolute Gasteiger partial charge is 0.465 e. The summed E-state index contributed by atoms with van der Waals surface area (Å²) in [5.74, 6) is -0.402. The smallest absolute Gasteiger partial charge is 0.407 e. The predicted molar refractivity (Wildman–Crippen MR) is 122 cm³/mol. The topological polar surface area (TPSA) is 94.9 Å². The molecule has 2 aromatic rings. The van der Waals surface area contributed by atoms with Crippen molar-refractivity contribution in [2.24, 2.45) is 0 Å². The standard InChI is InChI=1S/C22H27ClF2N6O3/c1-12-15(4-7-31(12)21(32)33)29(2)19-14-9-26-18(23)16(25)17(14)27-20(28-19)34-11-22-5-3-6-30(22)10-13(24)8-22/h9,12-13,15H,3-8,10-11H2,1-2H3,(H,32,33)/t12?,13-,15?,22+/m1/s1. The zero-order valence-electron chi connectivity index (χ0n) is 19.0. The molecule has 3 saturated heterocycles. The highest BCUT2D eigenvalue weighted by Gasteiger charge is 2.49. The van der Waals surface area contributed by atoms with Crippen LogP contribution in [0, 0.1) is 5.82 Å². The Morgan fingerprint density at radius 3 is 2.94 bits per heavy atom. The molecule has 9 nitrogen and oxygen atoms in total. The van der Waals surface area contributed by atoms with E-state index >= 15 is 0 Å². The van der Waals surface area contributed by atoms with Crippen LogP contribution in [-0.4, -0.2) is 93.0 Å². The number of aromatic nitrogens is 3. The van der Waals surface area contributed by atoms with E-state index in [4.69, 9.17) is 16.3 Å². The van der Waals surface area contributed by atoms with E-state index in [2.05, 4.69) is 19.9 Å². The van der Waals surface area contributed by atoms with Crippen LogP contribution in [0.1, 0.15) is 32.6 Å². The molecule has 5 rings (SSSR count). The van der Waals surface area contributed by atoms with Gasteiger partial charge < -0.3 is 19.6 Å². The highest BCUT2D eigenvalue weighted by atomic mass is 35.5. The average molecular weight is 497 g/mol. The highest BCUT2D eigenvalue weighted by Crippen LogP contribution is 2.40. The lowest BCUT2D eigenvalue weighted by Crippen LogP contribution is -2.44. The fourth-order valence-electron chi connectivity index (χ4n) is 5.85. The lowest BCUT2D eigenvalue weighted by molar-refractivity contribution is 0.107. The molecule has 2 unspecified atom stereocenters. The summed E-state index contributed by atoms with van der Waals surface area (Å²) < 4.78 is 35.1. The maximum Gasteiger partial charge on any atom is 0.407 e. The molecule has 2 aromatic heterocycles. The predicted octanol–water partition coefficient (Wildman–Crippen LogP) is 3.35. The molecule has 34 heavy (non-hydrogen) atoms. The maximum atomic E-state index is 14.9. The van der Waals surface area contributed by atoms with Gasteiger partial charge in [-0.15, -0.1) is 0 Å². The van der Waals surface area contributed by atoms with Crippen LogP contribution in [0.15, 0.2) is 6.20 Å². The Labute approximate surface area is 200 Å². The number of fused-ring (bicyclic) bond motifs is 2. The van der Waals surface area contributed by atoms with Gasteiger partial charge in [-0.05, 0) is 32.7 Å². The summed E-state index contributed by atoms with van der Waals surface area (Å²) in [6, 6.07) is -0.514. The first kappa shape index (κ1) is 23.2. The Morgan fingerprint density at radius 1 is 1.41 bits per heavy atom. The Morgan fingerprint density at radius 2 is 2.21 bits per heavy atom. The third-order valence-corrected chi connectivity index (χ3v) is 7.89. The van der Waals surface area contributed by atoms with Gasteiger partial charge in [0.2, 0.25) is 0 Å². The van der Waals surface area contributed by atoms with Gasteiger partial charge in [-0.3, -0.25) is 4.90 Å². The van der Waals surface area contributed by atoms with Crippen LogP contribution >= 0.6 is 11.6 Å². The van der Waals surface area contributed by atoms with Gasteiger partial charge in [0.1, 0.15) is 24.1 Å². The van der Waals surface area contributed by atoms with E-state index in [0.29, 0.717) is 37.1 Å². The quantitative estimate of drug-likeness (QED) is 0.630. The molecular weight excluding hydrogens is 470 g/mol. The van der Waals surface area contributed by atoms with Crippen LogP contribution in [0.4, 0.5) is 19.4 Å². The number of nitrogens with zero attached hydrogens (tertiary/aromatic N) is 6. The van der Waals surface area contributed by atoms with Crippen molar-refractivity contribution in [2.75, 3.05) is 38.2 Å². The van der Waals surface area contributed by atoms with Gasteiger partial charge in [0.15, 0.2) is 11.0 Å². The lowest BCUT2D eigenvalue weighted by atomic mass is 9.95. The first-order chi connectivity index (χ1) is 16.2. The number of likely N-dealkylation sites (N-methyl/N-ethyl adjacent to an activating group) is 1. The van der Waals surface area contributed by atoms with Crippen molar-refractivity contribution in [3.05, 3.63) is 17.2 Å². The van der Waals surface area contributed by atoms with E-state index in [1.165, 1.54) is 11.1 Å². The Kier molecular flexibility index (Phi) is 5.87. The van der Waals surface area contributed by atoms with Gasteiger partial charge in [-0.2, -0.15) is 9.97 Å². The number of hydrogen-bond donors (Lipinski definition) is 1. The zero-order valence-corrected chi connectivity index (χ0v) is 19.8. The van der Waals surface area contributed by atoms with Gasteiger partial charge >= 0.3 is 12.1 Å². The van der Waals surface area contributed by atoms with Crippen LogP contribution in [0.25, 0.3) is 10.9 Å². The van der Waals surface area contributed by atoms with Crippen molar-refractivity contribution < 1.29 is 23.4 Å². The summed E-state index contributed by atoms with van der Waals surface area (Å²) in [7, 11) is 1.78. The van der Waals surface area contributed by atoms with Crippen LogP contribution in [-0.2, 0) is 0 Å². The normalized spacial score (nSPS) is 29.1. The Bertz CT molecular complexity index is 1130. The van der Waals surface area contributed by atoms with Crippen LogP contribution in [0.5, 0.6) is 6.01 Å². The van der Waals surface area contributed by atoms with E-state index in [9.17, 15) is 18.7 Å². The number of alkyl halides is 1. The molecule has 0 spiro atoms. The van der Waals surface area contributed by atoms with Crippen molar-refractivity contribution in [1.82, 2.24) is 24.8 Å². The second-order valence-corrected chi connectivity index (χ2v) is 9.86. The van der Waals surface area contributed by atoms with Crippen LogP contribution < -0.4 is 9.64 Å². The van der Waals surface area contributed by atoms with Gasteiger partial charge in [0.25, 0.3) is 0 Å². The Hall–Kier alpha value is -2.53. The van der Waals surface area contributed by atoms with Gasteiger partial charge in [-0.25, -0.2) is 18.6 Å². The van der Waals surface area contributed by atoms with E-state index < -0.39 is 23.6 Å². The summed E-state index contributed by atoms with van der Waals surface area (Å²) in [5.41, 5.74) is -0.427. The first-order valence-corrected chi connectivity index (χ1v) is 11.8. The van der Waals surface area contributed by atoms with E-state index in [1.807, 2.05) is 11.8 Å². The van der Waals surface area contributed by atoms with E-state index in [-0.39, 0.29) is 35.4 Å². The summed E-state index contributed by atoms with van der Waals surface area (Å²) in [6.07, 6.45) is 2.30. The fourth-order valence-corrected chi connectivity index (χ4v) is 5.99. The minimum Gasteiger partial charge on any atom is -0.465 e. The summed E-state index contributed by atoms with van der Waals surface area (Å²) in [5, 5.41) is 9.50. The van der Waals surface area contributed by atoms with Crippen LogP contribution in [0.3, 0.4) is 0 Å². The van der Waals surface area contributed by atoms with Crippen molar-refractivity contribution in [3.63, 3.8) is 0 Å². The second-order valence-electron chi connectivity index (χ2n) is 9.50. The van der Waals surface area contributed by atoms with Crippen molar-refractivity contribution in [1.29, 1.82) is 0 Å². The molecule has 3 fully saturated rings. The third kappa shape index (κ3) is 3.78. The molecule has 0 aromatic carbocycles. The summed E-state index contributed by atoms with van der Waals surface area (Å²) in [4.78, 5) is 29.6. The zero-order chi connectivity index (χ0) is 24.2. The molecule has 184 valence electrons. The van der Waals surface area contributed by atoms with Crippen molar-refractivity contribution in [2.45, 2.75) is 56.4 Å². The van der Waals surface area contributed by atoms with Crippen molar-refractivity contribution >= 4 is 34.4 Å². The number of pyridine rings is 1. The minimum atomic E-state index is -0.984. The van der Waals surface area contributed by atoms with Gasteiger partial charge in [-0.1, -0.05) is 11.6 Å². The molecule has 4 atom stereocenters. The van der Waals surface area contributed by atoms with Gasteiger partial charge in [0.05, 0.1) is 23.0 Å². The van der Waals surface area contributed by atoms with Gasteiger partial charge in [0, 0.05) is 32.8 Å². The molecule has 1 amide bonds. The summed E-state index contributed by atoms with van der Waals surface area (Å²) >= 11 is 5.92. The third-order valence-electron chi connectivity index (χ3n) is 7.62. The number of carbonyl (C=O) groups is 1. The average Bonchev–Trinajstić information content (AvgIpc) is 3.45. The molecule has 0 aliphatic carbocycles. The lowest BCUT2D eigenvalue weighted by Gasteiger charge is -2.32. The molecule has 5 heterocycles. The number of amides is 1. The van der Waals surface area contributed by atoms with E-state index in [1.54, 1.807) is 7.05 Å². The molecule has 1 N–H and O–H groups in total.